The van der Waals surface area contributed by atoms with Crippen molar-refractivity contribution in [3.63, 3.8) is 0 Å². The molecule has 1 N–H and O–H groups in total. The van der Waals surface area contributed by atoms with E-state index in [2.05, 4.69) is 48.4 Å². The number of halogens is 1. The number of rotatable bonds is 7. The van der Waals surface area contributed by atoms with Crippen LogP contribution >= 0.6 is 11.6 Å². The van der Waals surface area contributed by atoms with Gasteiger partial charge in [0.25, 0.3) is 0 Å². The van der Waals surface area contributed by atoms with Crippen molar-refractivity contribution in [2.24, 2.45) is 0 Å². The first-order valence-corrected chi connectivity index (χ1v) is 8.03. The van der Waals surface area contributed by atoms with Gasteiger partial charge in [0, 0.05) is 18.4 Å². The molecule has 0 radical (unpaired) electrons. The highest BCUT2D eigenvalue weighted by Gasteiger charge is 2.13. The Morgan fingerprint density at radius 1 is 1.14 bits per heavy atom. The average Bonchev–Trinajstić information content (AvgIpc) is 2.53. The maximum atomic E-state index is 6.25. The average molecular weight is 303 g/mol. The highest BCUT2D eigenvalue weighted by molar-refractivity contribution is 6.31. The molecule has 0 aliphatic rings. The van der Waals surface area contributed by atoms with E-state index in [0.29, 0.717) is 0 Å². The Morgan fingerprint density at radius 3 is 2.52 bits per heavy atom. The second kappa shape index (κ2) is 8.16. The van der Waals surface area contributed by atoms with E-state index in [4.69, 9.17) is 11.6 Å². The van der Waals surface area contributed by atoms with Crippen LogP contribution in [0.5, 0.6) is 0 Å². The summed E-state index contributed by atoms with van der Waals surface area (Å²) in [6.07, 6.45) is 6.59. The highest BCUT2D eigenvalue weighted by atomic mass is 35.5. The first-order chi connectivity index (χ1) is 10.2. The normalized spacial score (nSPS) is 12.3. The van der Waals surface area contributed by atoms with Crippen molar-refractivity contribution in [1.82, 2.24) is 10.3 Å². The lowest BCUT2D eigenvalue weighted by Crippen LogP contribution is -2.24. The fourth-order valence-corrected chi connectivity index (χ4v) is 2.60. The SMILES string of the molecule is CCCNC(Cc1ccncc1Cl)c1ccc(CC)cc1. The van der Waals surface area contributed by atoms with Gasteiger partial charge in [-0.1, -0.05) is 49.7 Å². The molecule has 0 fully saturated rings. The van der Waals surface area contributed by atoms with Crippen molar-refractivity contribution >= 4 is 11.6 Å². The Hall–Kier alpha value is -1.38. The van der Waals surface area contributed by atoms with Crippen LogP contribution in [0.15, 0.2) is 42.7 Å². The summed E-state index contributed by atoms with van der Waals surface area (Å²) in [7, 11) is 0. The number of benzene rings is 1. The third-order valence-corrected chi connectivity index (χ3v) is 4.05. The van der Waals surface area contributed by atoms with E-state index in [-0.39, 0.29) is 6.04 Å². The minimum absolute atomic E-state index is 0.288. The van der Waals surface area contributed by atoms with Crippen molar-refractivity contribution in [2.75, 3.05) is 6.54 Å². The van der Waals surface area contributed by atoms with Crippen molar-refractivity contribution in [3.8, 4) is 0 Å². The topological polar surface area (TPSA) is 24.9 Å². The fourth-order valence-electron chi connectivity index (χ4n) is 2.40. The Labute approximate surface area is 132 Å². The summed E-state index contributed by atoms with van der Waals surface area (Å²) < 4.78 is 0. The Kier molecular flexibility index (Phi) is 6.21. The van der Waals surface area contributed by atoms with E-state index in [9.17, 15) is 0 Å². The van der Waals surface area contributed by atoms with Gasteiger partial charge in [-0.3, -0.25) is 4.98 Å². The van der Waals surface area contributed by atoms with Crippen LogP contribution in [0.3, 0.4) is 0 Å². The first-order valence-electron chi connectivity index (χ1n) is 7.65. The van der Waals surface area contributed by atoms with Gasteiger partial charge in [0.15, 0.2) is 0 Å². The third-order valence-electron chi connectivity index (χ3n) is 3.71. The van der Waals surface area contributed by atoms with Gasteiger partial charge in [-0.25, -0.2) is 0 Å². The van der Waals surface area contributed by atoms with Gasteiger partial charge in [0.1, 0.15) is 0 Å². The second-order valence-corrected chi connectivity index (χ2v) is 5.68. The van der Waals surface area contributed by atoms with E-state index >= 15 is 0 Å². The number of pyridine rings is 1. The molecule has 0 spiro atoms. The molecule has 0 saturated carbocycles. The van der Waals surface area contributed by atoms with Crippen molar-refractivity contribution in [2.45, 2.75) is 39.2 Å². The number of hydrogen-bond acceptors (Lipinski definition) is 2. The minimum Gasteiger partial charge on any atom is -0.310 e. The lowest BCUT2D eigenvalue weighted by atomic mass is 9.98. The predicted octanol–water partition coefficient (Wildman–Crippen LogP) is 4.58. The number of aromatic nitrogens is 1. The van der Waals surface area contributed by atoms with Gasteiger partial charge >= 0.3 is 0 Å². The first kappa shape index (κ1) is 16.0. The van der Waals surface area contributed by atoms with Crippen molar-refractivity contribution in [1.29, 1.82) is 0 Å². The van der Waals surface area contributed by atoms with E-state index in [1.165, 1.54) is 11.1 Å². The molecule has 2 nitrogen and oxygen atoms in total. The molecule has 2 rings (SSSR count). The molecule has 2 aromatic rings. The molecule has 0 aliphatic carbocycles. The van der Waals surface area contributed by atoms with E-state index < -0.39 is 0 Å². The van der Waals surface area contributed by atoms with Gasteiger partial charge in [-0.2, -0.15) is 0 Å². The van der Waals surface area contributed by atoms with Crippen molar-refractivity contribution < 1.29 is 0 Å². The van der Waals surface area contributed by atoms with Gasteiger partial charge in [0.05, 0.1) is 5.02 Å². The lowest BCUT2D eigenvalue weighted by molar-refractivity contribution is 0.529. The number of nitrogens with one attached hydrogen (secondary N) is 1. The molecule has 1 heterocycles. The summed E-state index contributed by atoms with van der Waals surface area (Å²) in [5.74, 6) is 0. The fraction of sp³-hybridized carbons (Fsp3) is 0.389. The summed E-state index contributed by atoms with van der Waals surface area (Å²) in [4.78, 5) is 4.06. The summed E-state index contributed by atoms with van der Waals surface area (Å²) >= 11 is 6.25. The van der Waals surface area contributed by atoms with Gasteiger partial charge in [-0.05, 0) is 48.6 Å². The van der Waals surface area contributed by atoms with Gasteiger partial charge in [-0.15, -0.1) is 0 Å². The molecule has 0 amide bonds. The molecule has 1 atom stereocenters. The zero-order valence-corrected chi connectivity index (χ0v) is 13.5. The van der Waals surface area contributed by atoms with Crippen LogP contribution in [0.1, 0.15) is 43.0 Å². The van der Waals surface area contributed by atoms with Crippen LogP contribution in [0.4, 0.5) is 0 Å². The Morgan fingerprint density at radius 2 is 1.90 bits per heavy atom. The lowest BCUT2D eigenvalue weighted by Gasteiger charge is -2.20. The summed E-state index contributed by atoms with van der Waals surface area (Å²) in [6, 6.07) is 11.2. The molecule has 1 unspecified atom stereocenters. The van der Waals surface area contributed by atoms with Gasteiger partial charge in [0.2, 0.25) is 0 Å². The summed E-state index contributed by atoms with van der Waals surface area (Å²) in [5.41, 5.74) is 3.82. The molecule has 0 bridgehead atoms. The largest absolute Gasteiger partial charge is 0.310 e. The highest BCUT2D eigenvalue weighted by Crippen LogP contribution is 2.23. The zero-order valence-electron chi connectivity index (χ0n) is 12.8. The quantitative estimate of drug-likeness (QED) is 0.809. The van der Waals surface area contributed by atoms with E-state index in [0.717, 1.165) is 36.4 Å². The van der Waals surface area contributed by atoms with Crippen LogP contribution in [0.25, 0.3) is 0 Å². The minimum atomic E-state index is 0.288. The molecule has 0 aliphatic heterocycles. The maximum absolute atomic E-state index is 6.25. The molecular weight excluding hydrogens is 280 g/mol. The molecule has 0 saturated heterocycles. The van der Waals surface area contributed by atoms with Crippen LogP contribution in [0, 0.1) is 0 Å². The van der Waals surface area contributed by atoms with E-state index in [1.54, 1.807) is 12.4 Å². The third kappa shape index (κ3) is 4.55. The Balaban J connectivity index is 2.18. The smallest absolute Gasteiger partial charge is 0.0622 e. The number of nitrogens with zero attached hydrogens (tertiary/aromatic N) is 1. The van der Waals surface area contributed by atoms with Crippen molar-refractivity contribution in [3.05, 3.63) is 64.4 Å². The molecule has 1 aromatic carbocycles. The molecule has 21 heavy (non-hydrogen) atoms. The zero-order chi connectivity index (χ0) is 15.1. The van der Waals surface area contributed by atoms with Crippen LogP contribution in [-0.4, -0.2) is 11.5 Å². The van der Waals surface area contributed by atoms with Crippen LogP contribution < -0.4 is 5.32 Å². The van der Waals surface area contributed by atoms with E-state index in [1.807, 2.05) is 6.07 Å². The maximum Gasteiger partial charge on any atom is 0.0622 e. The molecular formula is C18H23ClN2. The van der Waals surface area contributed by atoms with Gasteiger partial charge < -0.3 is 5.32 Å². The monoisotopic (exact) mass is 302 g/mol. The second-order valence-electron chi connectivity index (χ2n) is 5.27. The van der Waals surface area contributed by atoms with Crippen LogP contribution in [0.2, 0.25) is 5.02 Å². The summed E-state index contributed by atoms with van der Waals surface area (Å²) in [5, 5.41) is 4.36. The molecule has 112 valence electrons. The molecule has 1 aromatic heterocycles. The summed E-state index contributed by atoms with van der Waals surface area (Å²) in [6.45, 7) is 5.37. The number of aryl methyl sites for hydroxylation is 1. The standard InChI is InChI=1S/C18H23ClN2/c1-3-10-21-18(12-16-9-11-20-13-17(16)19)15-7-5-14(4-2)6-8-15/h5-9,11,13,18,21H,3-4,10,12H2,1-2H3. The Bertz CT molecular complexity index is 551. The van der Waals surface area contributed by atoms with Crippen LogP contribution in [-0.2, 0) is 12.8 Å². The molecule has 3 heteroatoms. The predicted molar refractivity (Wildman–Crippen MR) is 89.8 cm³/mol. The number of hydrogen-bond donors (Lipinski definition) is 1.